The minimum Gasteiger partial charge on any atom is -0.471 e. The van der Waals surface area contributed by atoms with E-state index in [2.05, 4.69) is 6.58 Å². The first kappa shape index (κ1) is 38.9. The number of benzene rings is 1. The van der Waals surface area contributed by atoms with Gasteiger partial charge in [-0.1, -0.05) is 18.2 Å². The van der Waals surface area contributed by atoms with Crippen molar-refractivity contribution >= 4 is 35.5 Å². The fourth-order valence-electron chi connectivity index (χ4n) is 6.02. The highest BCUT2D eigenvalue weighted by atomic mass is 16.8. The highest BCUT2D eigenvalue weighted by molar-refractivity contribution is 5.89. The minimum absolute atomic E-state index is 0.00343. The summed E-state index contributed by atoms with van der Waals surface area (Å²) in [6.45, 7) is 7.78. The maximum atomic E-state index is 12.9. The van der Waals surface area contributed by atoms with Gasteiger partial charge < -0.3 is 47.4 Å². The van der Waals surface area contributed by atoms with Crippen LogP contribution in [-0.2, 0) is 71.3 Å². The molecule has 10 atom stereocenters. The van der Waals surface area contributed by atoms with Gasteiger partial charge in [0.1, 0.15) is 18.8 Å². The van der Waals surface area contributed by atoms with E-state index < -0.39 is 103 Å². The molecule has 51 heavy (non-hydrogen) atoms. The third-order valence-electron chi connectivity index (χ3n) is 8.09. The van der Waals surface area contributed by atoms with Crippen molar-refractivity contribution in [1.29, 1.82) is 0 Å². The standard InChI is InChI=1S/C33H39NO17/c1-7-20-22(12-27-44-14-25(49-27)21-10-8-9-11-24(21)34(40)41)23(31(39)42-6)13-45-32(20)51-33-30(48-19(5)38)29(47-18(4)37)28(46-17(3)36)26(50-33)15-43-16(2)35/h7-11,13,20,22,25-30,32-33H,1,12,14-15H2,2-6H3/t20-,22+,25?,26-,27?,28-,29+,30-,32+,33+/m1/s1. The van der Waals surface area contributed by atoms with Gasteiger partial charge in [0.05, 0.1) is 36.0 Å². The lowest BCUT2D eigenvalue weighted by molar-refractivity contribution is -0.386. The third-order valence-corrected chi connectivity index (χ3v) is 8.09. The Balaban J connectivity index is 1.65. The van der Waals surface area contributed by atoms with Crippen LogP contribution in [0.15, 0.2) is 48.8 Å². The molecule has 3 heterocycles. The van der Waals surface area contributed by atoms with Gasteiger partial charge in [0.2, 0.25) is 12.6 Å². The molecule has 1 aromatic rings. The van der Waals surface area contributed by atoms with E-state index in [1.807, 2.05) is 0 Å². The third kappa shape index (κ3) is 9.66. The van der Waals surface area contributed by atoms with E-state index >= 15 is 0 Å². The molecule has 0 N–H and O–H groups in total. The second kappa shape index (κ2) is 17.3. The Kier molecular flexibility index (Phi) is 13.2. The summed E-state index contributed by atoms with van der Waals surface area (Å²) in [6, 6.07) is 6.09. The van der Waals surface area contributed by atoms with Gasteiger partial charge in [-0.3, -0.25) is 29.3 Å². The van der Waals surface area contributed by atoms with Gasteiger partial charge in [-0.15, -0.1) is 6.58 Å². The van der Waals surface area contributed by atoms with Crippen LogP contribution in [0, 0.1) is 22.0 Å². The molecule has 0 amide bonds. The summed E-state index contributed by atoms with van der Waals surface area (Å²) < 4.78 is 56.5. The van der Waals surface area contributed by atoms with Crippen molar-refractivity contribution in [1.82, 2.24) is 0 Å². The first-order valence-electron chi connectivity index (χ1n) is 15.8. The van der Waals surface area contributed by atoms with Crippen LogP contribution < -0.4 is 0 Å². The lowest BCUT2D eigenvalue weighted by atomic mass is 9.81. The van der Waals surface area contributed by atoms with Crippen LogP contribution in [0.4, 0.5) is 5.69 Å². The Morgan fingerprint density at radius 2 is 1.57 bits per heavy atom. The first-order chi connectivity index (χ1) is 24.2. The van der Waals surface area contributed by atoms with E-state index in [9.17, 15) is 34.1 Å². The molecule has 2 saturated heterocycles. The molecule has 0 radical (unpaired) electrons. The summed E-state index contributed by atoms with van der Waals surface area (Å²) >= 11 is 0. The number of nitrogens with zero attached hydrogens (tertiary/aromatic N) is 1. The average molecular weight is 722 g/mol. The predicted octanol–water partition coefficient (Wildman–Crippen LogP) is 2.33. The second-order valence-corrected chi connectivity index (χ2v) is 11.6. The predicted molar refractivity (Wildman–Crippen MR) is 166 cm³/mol. The van der Waals surface area contributed by atoms with E-state index in [0.717, 1.165) is 34.0 Å². The molecule has 1 aromatic carbocycles. The van der Waals surface area contributed by atoms with Gasteiger partial charge >= 0.3 is 29.8 Å². The number of nitro groups is 1. The monoisotopic (exact) mass is 721 g/mol. The molecule has 278 valence electrons. The van der Waals surface area contributed by atoms with Crippen molar-refractivity contribution in [3.05, 3.63) is 64.4 Å². The second-order valence-electron chi connectivity index (χ2n) is 11.6. The van der Waals surface area contributed by atoms with E-state index in [1.54, 1.807) is 12.1 Å². The summed E-state index contributed by atoms with van der Waals surface area (Å²) in [6.07, 6.45) is -7.88. The lowest BCUT2D eigenvalue weighted by Crippen LogP contribution is -2.63. The largest absolute Gasteiger partial charge is 0.471 e. The van der Waals surface area contributed by atoms with Crippen LogP contribution in [0.5, 0.6) is 0 Å². The van der Waals surface area contributed by atoms with Gasteiger partial charge in [0.25, 0.3) is 5.69 Å². The number of carbonyl (C=O) groups excluding carboxylic acids is 5. The molecule has 18 nitrogen and oxygen atoms in total. The first-order valence-corrected chi connectivity index (χ1v) is 15.8. The Hall–Kier alpha value is -4.91. The van der Waals surface area contributed by atoms with Crippen LogP contribution >= 0.6 is 0 Å². The van der Waals surface area contributed by atoms with Gasteiger partial charge in [0, 0.05) is 52.0 Å². The molecule has 4 rings (SSSR count). The van der Waals surface area contributed by atoms with Crippen molar-refractivity contribution in [3.63, 3.8) is 0 Å². The Labute approximate surface area is 291 Å². The number of carbonyl (C=O) groups is 5. The lowest BCUT2D eigenvalue weighted by Gasteiger charge is -2.46. The number of ether oxygens (including phenoxy) is 10. The number of rotatable bonds is 13. The highest BCUT2D eigenvalue weighted by Crippen LogP contribution is 2.42. The summed E-state index contributed by atoms with van der Waals surface area (Å²) in [5, 5.41) is 11.6. The zero-order chi connectivity index (χ0) is 37.4. The number of hydrogen-bond acceptors (Lipinski definition) is 17. The SMILES string of the molecule is C=C[C@H]1[C@H](O[C@@H]2O[C@H](COC(C)=O)[C@@H](OC(C)=O)[C@H](OC(C)=O)[C@H]2OC(C)=O)OC=C(C(=O)OC)[C@H]1CC1OCC(c2ccccc2[N+](=O)[O-])O1. The summed E-state index contributed by atoms with van der Waals surface area (Å²) in [5.74, 6) is -5.61. The topological polar surface area (TPSA) is 221 Å². The number of methoxy groups -OCH3 is 1. The number of esters is 5. The van der Waals surface area contributed by atoms with Crippen LogP contribution in [0.25, 0.3) is 0 Å². The smallest absolute Gasteiger partial charge is 0.337 e. The molecule has 0 bridgehead atoms. The summed E-state index contributed by atoms with van der Waals surface area (Å²) in [7, 11) is 1.18. The molecule has 2 fully saturated rings. The molecule has 2 unspecified atom stereocenters. The average Bonchev–Trinajstić information content (AvgIpc) is 3.54. The number of para-hydroxylation sites is 1. The van der Waals surface area contributed by atoms with Gasteiger partial charge in [-0.2, -0.15) is 0 Å². The van der Waals surface area contributed by atoms with Gasteiger partial charge in [-0.05, 0) is 6.07 Å². The fraction of sp³-hybridized carbons (Fsp3) is 0.545. The van der Waals surface area contributed by atoms with Gasteiger partial charge in [-0.25, -0.2) is 4.79 Å². The Morgan fingerprint density at radius 3 is 2.18 bits per heavy atom. The molecule has 3 aliphatic heterocycles. The minimum atomic E-state index is -1.60. The molecular weight excluding hydrogens is 682 g/mol. The van der Waals surface area contributed by atoms with Crippen molar-refractivity contribution in [2.45, 2.75) is 83.5 Å². The van der Waals surface area contributed by atoms with Crippen molar-refractivity contribution in [2.75, 3.05) is 20.3 Å². The molecule has 0 saturated carbocycles. The van der Waals surface area contributed by atoms with Gasteiger partial charge in [0.15, 0.2) is 24.6 Å². The van der Waals surface area contributed by atoms with Crippen LogP contribution in [-0.4, -0.2) is 98.4 Å². The molecule has 18 heteroatoms. The molecule has 3 aliphatic rings. The molecule has 0 aromatic heterocycles. The molecular formula is C33H39NO17. The summed E-state index contributed by atoms with van der Waals surface area (Å²) in [4.78, 5) is 72.3. The van der Waals surface area contributed by atoms with E-state index in [1.165, 1.54) is 25.3 Å². The zero-order valence-electron chi connectivity index (χ0n) is 28.5. The Bertz CT molecular complexity index is 1530. The fourth-order valence-corrected chi connectivity index (χ4v) is 6.02. The van der Waals surface area contributed by atoms with E-state index in [-0.39, 0.29) is 24.3 Å². The maximum absolute atomic E-state index is 12.9. The van der Waals surface area contributed by atoms with E-state index in [0.29, 0.717) is 5.56 Å². The summed E-state index contributed by atoms with van der Waals surface area (Å²) in [5.41, 5.74) is 0.228. The quantitative estimate of drug-likeness (QED) is 0.0937. The van der Waals surface area contributed by atoms with Crippen LogP contribution in [0.2, 0.25) is 0 Å². The van der Waals surface area contributed by atoms with Crippen LogP contribution in [0.1, 0.15) is 45.8 Å². The maximum Gasteiger partial charge on any atom is 0.337 e. The van der Waals surface area contributed by atoms with Crippen LogP contribution in [0.3, 0.4) is 0 Å². The van der Waals surface area contributed by atoms with Crippen molar-refractivity contribution in [3.8, 4) is 0 Å². The Morgan fingerprint density at radius 1 is 0.922 bits per heavy atom. The molecule has 0 spiro atoms. The number of nitro benzene ring substituents is 1. The normalized spacial score (nSPS) is 30.1. The number of hydrogen-bond donors (Lipinski definition) is 0. The van der Waals surface area contributed by atoms with Crippen molar-refractivity contribution < 1.29 is 76.3 Å². The van der Waals surface area contributed by atoms with E-state index in [4.69, 9.17) is 47.4 Å². The molecule has 0 aliphatic carbocycles. The highest BCUT2D eigenvalue weighted by Gasteiger charge is 2.54. The van der Waals surface area contributed by atoms with Crippen molar-refractivity contribution in [2.24, 2.45) is 11.8 Å². The zero-order valence-corrected chi connectivity index (χ0v) is 28.5.